The smallest absolute Gasteiger partial charge is 0.273 e. The zero-order chi connectivity index (χ0) is 13.7. The second-order valence-corrected chi connectivity index (χ2v) is 6.63. The molecule has 2 heterocycles. The Morgan fingerprint density at radius 2 is 2.15 bits per heavy atom. The highest BCUT2D eigenvalue weighted by molar-refractivity contribution is 5.92. The summed E-state index contributed by atoms with van der Waals surface area (Å²) in [6, 6.07) is 2.82. The largest absolute Gasteiger partial charge is 0.360 e. The van der Waals surface area contributed by atoms with Gasteiger partial charge in [0.2, 0.25) is 0 Å². The van der Waals surface area contributed by atoms with E-state index in [9.17, 15) is 4.79 Å². The van der Waals surface area contributed by atoms with Gasteiger partial charge in [-0.05, 0) is 31.6 Å². The predicted octanol–water partition coefficient (Wildman–Crippen LogP) is 1.76. The lowest BCUT2D eigenvalue weighted by Crippen LogP contribution is -2.40. The first-order chi connectivity index (χ1) is 9.70. The lowest BCUT2D eigenvalue weighted by Gasteiger charge is -2.16. The van der Waals surface area contributed by atoms with Crippen LogP contribution in [0.5, 0.6) is 0 Å². The Hall–Kier alpha value is -1.36. The number of aromatic nitrogens is 1. The molecule has 0 spiro atoms. The number of hydrogen-bond donors (Lipinski definition) is 1. The number of amides is 1. The molecule has 0 unspecified atom stereocenters. The van der Waals surface area contributed by atoms with Gasteiger partial charge in [-0.1, -0.05) is 12.1 Å². The number of nitrogens with one attached hydrogen (secondary N) is 1. The van der Waals surface area contributed by atoms with Gasteiger partial charge in [0.15, 0.2) is 5.69 Å². The summed E-state index contributed by atoms with van der Waals surface area (Å²) in [6.45, 7) is 4.29. The third-order valence-electron chi connectivity index (χ3n) is 4.76. The highest BCUT2D eigenvalue weighted by atomic mass is 16.5. The molecule has 108 valence electrons. The summed E-state index contributed by atoms with van der Waals surface area (Å²) in [6.07, 6.45) is 4.96. The summed E-state index contributed by atoms with van der Waals surface area (Å²) in [7, 11) is 0. The van der Waals surface area contributed by atoms with E-state index in [2.05, 4.69) is 22.3 Å². The van der Waals surface area contributed by atoms with E-state index in [-0.39, 0.29) is 11.9 Å². The van der Waals surface area contributed by atoms with Crippen LogP contribution in [0, 0.1) is 5.92 Å². The Labute approximate surface area is 118 Å². The van der Waals surface area contributed by atoms with Crippen LogP contribution in [0.15, 0.2) is 10.6 Å². The summed E-state index contributed by atoms with van der Waals surface area (Å²) in [5.74, 6) is 1.79. The molecule has 0 radical (unpaired) electrons. The lowest BCUT2D eigenvalue weighted by molar-refractivity contribution is 0.0922. The van der Waals surface area contributed by atoms with Crippen molar-refractivity contribution in [1.29, 1.82) is 0 Å². The molecule has 1 N–H and O–H groups in total. The molecule has 0 aromatic carbocycles. The Bertz CT molecular complexity index is 519. The first-order valence-electron chi connectivity index (χ1n) is 7.72. The van der Waals surface area contributed by atoms with Crippen molar-refractivity contribution < 1.29 is 9.32 Å². The summed E-state index contributed by atoms with van der Waals surface area (Å²) in [5, 5.41) is 7.04. The molecule has 1 aromatic rings. The van der Waals surface area contributed by atoms with Gasteiger partial charge in [-0.3, -0.25) is 9.69 Å². The second kappa shape index (κ2) is 4.58. The van der Waals surface area contributed by atoms with Crippen LogP contribution >= 0.6 is 0 Å². The van der Waals surface area contributed by atoms with Crippen molar-refractivity contribution in [3.63, 3.8) is 0 Å². The van der Waals surface area contributed by atoms with Gasteiger partial charge in [0.25, 0.3) is 5.91 Å². The Morgan fingerprint density at radius 1 is 1.35 bits per heavy atom. The first kappa shape index (κ1) is 12.4. The van der Waals surface area contributed by atoms with Crippen molar-refractivity contribution in [3.8, 4) is 0 Å². The first-order valence-corrected chi connectivity index (χ1v) is 7.72. The van der Waals surface area contributed by atoms with Crippen molar-refractivity contribution in [2.75, 3.05) is 13.1 Å². The van der Waals surface area contributed by atoms with E-state index in [4.69, 9.17) is 4.52 Å². The number of hydrogen-bond acceptors (Lipinski definition) is 4. The minimum Gasteiger partial charge on any atom is -0.360 e. The maximum atomic E-state index is 12.2. The summed E-state index contributed by atoms with van der Waals surface area (Å²) < 4.78 is 5.25. The van der Waals surface area contributed by atoms with E-state index < -0.39 is 0 Å². The van der Waals surface area contributed by atoms with Gasteiger partial charge >= 0.3 is 0 Å². The van der Waals surface area contributed by atoms with Crippen LogP contribution < -0.4 is 5.32 Å². The van der Waals surface area contributed by atoms with E-state index in [0.717, 1.165) is 37.7 Å². The third-order valence-corrected chi connectivity index (χ3v) is 4.76. The number of nitrogens with zero attached hydrogens (tertiary/aromatic N) is 2. The molecule has 2 atom stereocenters. The van der Waals surface area contributed by atoms with Crippen molar-refractivity contribution in [1.82, 2.24) is 15.4 Å². The van der Waals surface area contributed by atoms with Gasteiger partial charge in [0.1, 0.15) is 5.76 Å². The van der Waals surface area contributed by atoms with E-state index in [1.807, 2.05) is 6.07 Å². The molecule has 3 fully saturated rings. The molecule has 5 nitrogen and oxygen atoms in total. The fraction of sp³-hybridized carbons (Fsp3) is 0.733. The van der Waals surface area contributed by atoms with E-state index in [0.29, 0.717) is 17.5 Å². The highest BCUT2D eigenvalue weighted by Crippen LogP contribution is 2.40. The van der Waals surface area contributed by atoms with Crippen LogP contribution in [0.1, 0.15) is 54.8 Å². The summed E-state index contributed by atoms with van der Waals surface area (Å²) >= 11 is 0. The van der Waals surface area contributed by atoms with Crippen LogP contribution in [-0.4, -0.2) is 41.1 Å². The predicted molar refractivity (Wildman–Crippen MR) is 73.5 cm³/mol. The number of carbonyl (C=O) groups is 1. The summed E-state index contributed by atoms with van der Waals surface area (Å²) in [5.41, 5.74) is 0.434. The fourth-order valence-electron chi connectivity index (χ4n) is 3.13. The average Bonchev–Trinajstić information content (AvgIpc) is 3.36. The molecular formula is C15H21N3O2. The van der Waals surface area contributed by atoms with Crippen molar-refractivity contribution >= 4 is 5.91 Å². The molecular weight excluding hydrogens is 254 g/mol. The lowest BCUT2D eigenvalue weighted by atomic mass is 10.1. The molecule has 0 bridgehead atoms. The van der Waals surface area contributed by atoms with Gasteiger partial charge in [-0.15, -0.1) is 0 Å². The molecule has 1 aliphatic heterocycles. The molecule has 3 aliphatic rings. The standard InChI is InChI=1S/C15H21N3O2/c1-9-7-18(11-4-5-11)8-13(9)16-15(19)12-6-14(20-17-12)10-2-3-10/h6,9-11,13H,2-5,7-8H2,1H3,(H,16,19)/t9-,13+/m1/s1. The minimum absolute atomic E-state index is 0.0878. The molecule has 20 heavy (non-hydrogen) atoms. The van der Waals surface area contributed by atoms with Gasteiger partial charge in [0.05, 0.1) is 0 Å². The molecule has 4 rings (SSSR count). The third kappa shape index (κ3) is 2.35. The molecule has 2 aliphatic carbocycles. The minimum atomic E-state index is -0.0878. The second-order valence-electron chi connectivity index (χ2n) is 6.63. The van der Waals surface area contributed by atoms with Gasteiger partial charge in [0, 0.05) is 37.2 Å². The molecule has 1 amide bonds. The highest BCUT2D eigenvalue weighted by Gasteiger charge is 2.39. The van der Waals surface area contributed by atoms with Crippen LogP contribution in [0.25, 0.3) is 0 Å². The van der Waals surface area contributed by atoms with Crippen LogP contribution in [0.2, 0.25) is 0 Å². The topological polar surface area (TPSA) is 58.4 Å². The van der Waals surface area contributed by atoms with Gasteiger partial charge in [-0.2, -0.15) is 0 Å². The van der Waals surface area contributed by atoms with Crippen molar-refractivity contribution in [2.24, 2.45) is 5.92 Å². The average molecular weight is 275 g/mol. The fourth-order valence-corrected chi connectivity index (χ4v) is 3.13. The normalized spacial score (nSPS) is 30.6. The zero-order valence-corrected chi connectivity index (χ0v) is 11.8. The van der Waals surface area contributed by atoms with E-state index in [1.165, 1.54) is 12.8 Å². The maximum Gasteiger partial charge on any atom is 0.273 e. The molecule has 1 saturated heterocycles. The SMILES string of the molecule is C[C@@H]1CN(C2CC2)C[C@@H]1NC(=O)c1cc(C2CC2)on1. The van der Waals surface area contributed by atoms with Crippen molar-refractivity contribution in [3.05, 3.63) is 17.5 Å². The maximum absolute atomic E-state index is 12.2. The van der Waals surface area contributed by atoms with Gasteiger partial charge < -0.3 is 9.84 Å². The number of likely N-dealkylation sites (tertiary alicyclic amines) is 1. The van der Waals surface area contributed by atoms with E-state index in [1.54, 1.807) is 0 Å². The Balaban J connectivity index is 1.38. The zero-order valence-electron chi connectivity index (χ0n) is 11.8. The van der Waals surface area contributed by atoms with E-state index >= 15 is 0 Å². The van der Waals surface area contributed by atoms with Crippen LogP contribution in [0.4, 0.5) is 0 Å². The molecule has 2 saturated carbocycles. The number of rotatable bonds is 4. The number of carbonyl (C=O) groups excluding carboxylic acids is 1. The Morgan fingerprint density at radius 3 is 2.85 bits per heavy atom. The van der Waals surface area contributed by atoms with Gasteiger partial charge in [-0.25, -0.2) is 0 Å². The molecule has 1 aromatic heterocycles. The molecule has 5 heteroatoms. The quantitative estimate of drug-likeness (QED) is 0.909. The Kier molecular flexibility index (Phi) is 2.84. The van der Waals surface area contributed by atoms with Crippen LogP contribution in [-0.2, 0) is 0 Å². The monoisotopic (exact) mass is 275 g/mol. The summed E-state index contributed by atoms with van der Waals surface area (Å²) in [4.78, 5) is 14.8. The van der Waals surface area contributed by atoms with Crippen LogP contribution in [0.3, 0.4) is 0 Å². The van der Waals surface area contributed by atoms with Crippen molar-refractivity contribution in [2.45, 2.75) is 50.6 Å².